The number of carbonyl (C=O) groups is 1. The number of nitrogen functional groups attached to an aromatic ring is 1. The molecule has 3 rings (SSSR count). The number of nitrogens with one attached hydrogen (secondary N) is 1. The first-order valence-electron chi connectivity index (χ1n) is 8.06. The van der Waals surface area contributed by atoms with Gasteiger partial charge < -0.3 is 15.8 Å². The van der Waals surface area contributed by atoms with Crippen LogP contribution in [0.15, 0.2) is 24.3 Å². The van der Waals surface area contributed by atoms with Crippen LogP contribution < -0.4 is 15.8 Å². The van der Waals surface area contributed by atoms with Crippen molar-refractivity contribution in [2.45, 2.75) is 38.1 Å². The Morgan fingerprint density at radius 2 is 1.96 bits per heavy atom. The topological polar surface area (TPSA) is 69.3 Å². The largest absolute Gasteiger partial charge is 0.497 e. The summed E-state index contributed by atoms with van der Waals surface area (Å²) in [5.41, 5.74) is 7.05. The van der Waals surface area contributed by atoms with E-state index in [0.29, 0.717) is 14.6 Å². The second-order valence-electron chi connectivity index (χ2n) is 5.92. The summed E-state index contributed by atoms with van der Waals surface area (Å²) >= 11 is 6.67. The molecule has 0 spiro atoms. The number of amides is 1. The van der Waals surface area contributed by atoms with Gasteiger partial charge in [0.1, 0.15) is 16.4 Å². The summed E-state index contributed by atoms with van der Waals surface area (Å²) in [7, 11) is 1.62. The maximum absolute atomic E-state index is 12.6. The van der Waals surface area contributed by atoms with Gasteiger partial charge in [-0.3, -0.25) is 9.36 Å². The molecule has 1 aliphatic rings. The second-order valence-corrected chi connectivity index (χ2v) is 7.57. The van der Waals surface area contributed by atoms with Crippen molar-refractivity contribution < 1.29 is 9.53 Å². The Balaban J connectivity index is 1.85. The van der Waals surface area contributed by atoms with Gasteiger partial charge in [-0.15, -0.1) is 0 Å². The predicted molar refractivity (Wildman–Crippen MR) is 99.8 cm³/mol. The Labute approximate surface area is 150 Å². The predicted octanol–water partition coefficient (Wildman–Crippen LogP) is 3.92. The van der Waals surface area contributed by atoms with Crippen molar-refractivity contribution in [2.75, 3.05) is 12.8 Å². The fourth-order valence-electron chi connectivity index (χ4n) is 3.02. The van der Waals surface area contributed by atoms with Crippen molar-refractivity contribution in [3.05, 3.63) is 33.1 Å². The number of nitrogens with zero attached hydrogens (tertiary/aromatic N) is 1. The third-order valence-corrected chi connectivity index (χ3v) is 5.71. The lowest BCUT2D eigenvalue weighted by molar-refractivity contribution is 0.0932. The summed E-state index contributed by atoms with van der Waals surface area (Å²) in [5, 5.41) is 3.10. The molecule has 0 atom stereocenters. The Kier molecular flexibility index (Phi) is 5.20. The zero-order valence-electron chi connectivity index (χ0n) is 13.6. The van der Waals surface area contributed by atoms with E-state index in [2.05, 4.69) is 5.32 Å². The quantitative estimate of drug-likeness (QED) is 0.808. The molecule has 7 heteroatoms. The second kappa shape index (κ2) is 7.36. The lowest BCUT2D eigenvalue weighted by Gasteiger charge is -2.22. The zero-order chi connectivity index (χ0) is 17.1. The standard InChI is InChI=1S/C17H21N3O2S2/c1-22-13-9-7-12(8-10-13)20-15(18)14(24-17(20)23)16(21)19-11-5-3-2-4-6-11/h7-11H,2-6,18H2,1H3,(H,19,21). The van der Waals surface area contributed by atoms with Gasteiger partial charge in [-0.2, -0.15) is 0 Å². The minimum absolute atomic E-state index is 0.122. The smallest absolute Gasteiger partial charge is 0.265 e. The van der Waals surface area contributed by atoms with Crippen molar-refractivity contribution in [3.63, 3.8) is 0 Å². The molecule has 0 saturated heterocycles. The number of carbonyl (C=O) groups excluding carboxylic acids is 1. The van der Waals surface area contributed by atoms with Gasteiger partial charge >= 0.3 is 0 Å². The van der Waals surface area contributed by atoms with Crippen molar-refractivity contribution >= 4 is 35.3 Å². The van der Waals surface area contributed by atoms with Crippen LogP contribution in [0.1, 0.15) is 41.8 Å². The average molecular weight is 364 g/mol. The van der Waals surface area contributed by atoms with Crippen LogP contribution in [0.5, 0.6) is 5.75 Å². The van der Waals surface area contributed by atoms with Crippen LogP contribution in [0.25, 0.3) is 5.69 Å². The molecule has 5 nitrogen and oxygen atoms in total. The van der Waals surface area contributed by atoms with E-state index in [-0.39, 0.29) is 11.9 Å². The Hall–Kier alpha value is -1.86. The number of methoxy groups -OCH3 is 1. The van der Waals surface area contributed by atoms with Crippen LogP contribution in [0.3, 0.4) is 0 Å². The van der Waals surface area contributed by atoms with Gasteiger partial charge in [0.15, 0.2) is 3.95 Å². The van der Waals surface area contributed by atoms with E-state index in [1.54, 1.807) is 11.7 Å². The van der Waals surface area contributed by atoms with Gasteiger partial charge in [-0.1, -0.05) is 30.6 Å². The van der Waals surface area contributed by atoms with Gasteiger partial charge in [0.05, 0.1) is 7.11 Å². The monoisotopic (exact) mass is 363 g/mol. The Bertz CT molecular complexity index is 774. The molecule has 1 amide bonds. The fraction of sp³-hybridized carbons (Fsp3) is 0.412. The summed E-state index contributed by atoms with van der Waals surface area (Å²) in [6.07, 6.45) is 5.67. The van der Waals surface area contributed by atoms with Crippen LogP contribution in [-0.4, -0.2) is 23.6 Å². The molecule has 2 aromatic rings. The first kappa shape index (κ1) is 17.0. The molecular formula is C17H21N3O2S2. The van der Waals surface area contributed by atoms with Gasteiger partial charge in [0.25, 0.3) is 5.91 Å². The van der Waals surface area contributed by atoms with E-state index >= 15 is 0 Å². The third kappa shape index (κ3) is 3.47. The van der Waals surface area contributed by atoms with E-state index in [9.17, 15) is 4.79 Å². The van der Waals surface area contributed by atoms with Crippen LogP contribution in [0, 0.1) is 3.95 Å². The molecular weight excluding hydrogens is 342 g/mol. The minimum Gasteiger partial charge on any atom is -0.497 e. The number of thiazole rings is 1. The third-order valence-electron chi connectivity index (χ3n) is 4.32. The first-order chi connectivity index (χ1) is 11.6. The molecule has 1 saturated carbocycles. The van der Waals surface area contributed by atoms with Crippen molar-refractivity contribution in [3.8, 4) is 11.4 Å². The molecule has 0 bridgehead atoms. The summed E-state index contributed by atoms with van der Waals surface area (Å²) in [4.78, 5) is 13.1. The Morgan fingerprint density at radius 3 is 2.58 bits per heavy atom. The Morgan fingerprint density at radius 1 is 1.29 bits per heavy atom. The van der Waals surface area contributed by atoms with E-state index in [0.717, 1.165) is 24.3 Å². The molecule has 1 aromatic carbocycles. The molecule has 0 radical (unpaired) electrons. The van der Waals surface area contributed by atoms with E-state index in [4.69, 9.17) is 22.7 Å². The van der Waals surface area contributed by atoms with Crippen molar-refractivity contribution in [2.24, 2.45) is 0 Å². The first-order valence-corrected chi connectivity index (χ1v) is 9.29. The highest BCUT2D eigenvalue weighted by Crippen LogP contribution is 2.28. The molecule has 0 aliphatic heterocycles. The van der Waals surface area contributed by atoms with E-state index in [1.165, 1.54) is 30.6 Å². The summed E-state index contributed by atoms with van der Waals surface area (Å²) < 4.78 is 7.46. The summed E-state index contributed by atoms with van der Waals surface area (Å²) in [5.74, 6) is 1.03. The molecule has 0 unspecified atom stereocenters. The van der Waals surface area contributed by atoms with Crippen molar-refractivity contribution in [1.82, 2.24) is 9.88 Å². The molecule has 1 heterocycles. The number of aromatic nitrogens is 1. The average Bonchev–Trinajstić information content (AvgIpc) is 2.90. The number of benzene rings is 1. The SMILES string of the molecule is COc1ccc(-n2c(N)c(C(=O)NC3CCCCC3)sc2=S)cc1. The lowest BCUT2D eigenvalue weighted by atomic mass is 9.95. The normalized spacial score (nSPS) is 15.2. The molecule has 1 aromatic heterocycles. The van der Waals surface area contributed by atoms with Crippen LogP contribution in [0.4, 0.5) is 5.82 Å². The van der Waals surface area contributed by atoms with Crippen LogP contribution in [0.2, 0.25) is 0 Å². The molecule has 1 fully saturated rings. The summed E-state index contributed by atoms with van der Waals surface area (Å²) in [6.45, 7) is 0. The van der Waals surface area contributed by atoms with Crippen molar-refractivity contribution in [1.29, 1.82) is 0 Å². The number of hydrogen-bond acceptors (Lipinski definition) is 5. The lowest BCUT2D eigenvalue weighted by Crippen LogP contribution is -2.36. The number of nitrogens with two attached hydrogens (primary N) is 1. The van der Waals surface area contributed by atoms with Gasteiger partial charge in [-0.05, 0) is 49.3 Å². The van der Waals surface area contributed by atoms with Crippen LogP contribution in [-0.2, 0) is 0 Å². The highest BCUT2D eigenvalue weighted by atomic mass is 32.1. The minimum atomic E-state index is -0.122. The highest BCUT2D eigenvalue weighted by molar-refractivity contribution is 7.73. The number of hydrogen-bond donors (Lipinski definition) is 2. The van der Waals surface area contributed by atoms with Gasteiger partial charge in [-0.25, -0.2) is 0 Å². The van der Waals surface area contributed by atoms with Gasteiger partial charge in [0, 0.05) is 11.7 Å². The maximum atomic E-state index is 12.6. The molecule has 24 heavy (non-hydrogen) atoms. The van der Waals surface area contributed by atoms with Gasteiger partial charge in [0.2, 0.25) is 0 Å². The zero-order valence-corrected chi connectivity index (χ0v) is 15.2. The summed E-state index contributed by atoms with van der Waals surface area (Å²) in [6, 6.07) is 7.68. The maximum Gasteiger partial charge on any atom is 0.265 e. The van der Waals surface area contributed by atoms with E-state index < -0.39 is 0 Å². The fourth-order valence-corrected chi connectivity index (χ4v) is 4.29. The van der Waals surface area contributed by atoms with E-state index in [1.807, 2.05) is 24.3 Å². The van der Waals surface area contributed by atoms with Crippen LogP contribution >= 0.6 is 23.6 Å². The number of rotatable bonds is 4. The number of ether oxygens (including phenoxy) is 1. The molecule has 1 aliphatic carbocycles. The molecule has 3 N–H and O–H groups in total. The number of anilines is 1. The molecule has 128 valence electrons. The highest BCUT2D eigenvalue weighted by Gasteiger charge is 2.22.